The molecule has 0 spiro atoms. The third kappa shape index (κ3) is 4.21. The first kappa shape index (κ1) is 17.9. The monoisotopic (exact) mass is 343 g/mol. The van der Waals surface area contributed by atoms with Gasteiger partial charge in [0, 0.05) is 32.1 Å². The SMILES string of the molecule is CC(=O)N[C@H](CC(=O)N1C[C@@H]2CCCN2C[C@H]1C)c1ccc(C)cc1. The molecule has 0 unspecified atom stereocenters. The molecule has 2 heterocycles. The first-order chi connectivity index (χ1) is 11.9. The Morgan fingerprint density at radius 2 is 1.96 bits per heavy atom. The summed E-state index contributed by atoms with van der Waals surface area (Å²) in [6, 6.07) is 8.53. The summed E-state index contributed by atoms with van der Waals surface area (Å²) in [5.41, 5.74) is 2.16. The van der Waals surface area contributed by atoms with Crippen molar-refractivity contribution in [2.75, 3.05) is 19.6 Å². The maximum absolute atomic E-state index is 13.0. The van der Waals surface area contributed by atoms with Crippen LogP contribution in [0.4, 0.5) is 0 Å². The van der Waals surface area contributed by atoms with Crippen molar-refractivity contribution in [2.45, 2.75) is 58.2 Å². The van der Waals surface area contributed by atoms with Gasteiger partial charge in [-0.25, -0.2) is 0 Å². The molecule has 2 aliphatic heterocycles. The minimum atomic E-state index is -0.264. The summed E-state index contributed by atoms with van der Waals surface area (Å²) in [5, 5.41) is 2.95. The van der Waals surface area contributed by atoms with Gasteiger partial charge in [-0.15, -0.1) is 0 Å². The van der Waals surface area contributed by atoms with E-state index in [1.165, 1.54) is 25.3 Å². The van der Waals surface area contributed by atoms with Crippen LogP contribution in [-0.2, 0) is 9.59 Å². The van der Waals surface area contributed by atoms with Crippen molar-refractivity contribution in [1.82, 2.24) is 15.1 Å². The van der Waals surface area contributed by atoms with Crippen LogP contribution in [0.3, 0.4) is 0 Å². The van der Waals surface area contributed by atoms with E-state index >= 15 is 0 Å². The second-order valence-corrected chi connectivity index (χ2v) is 7.55. The Bertz CT molecular complexity index is 628. The maximum atomic E-state index is 13.0. The highest BCUT2D eigenvalue weighted by Gasteiger charge is 2.37. The second kappa shape index (κ2) is 7.56. The molecule has 0 saturated carbocycles. The summed E-state index contributed by atoms with van der Waals surface area (Å²) in [6.07, 6.45) is 2.74. The summed E-state index contributed by atoms with van der Waals surface area (Å²) >= 11 is 0. The minimum absolute atomic E-state index is 0.105. The molecule has 5 nitrogen and oxygen atoms in total. The van der Waals surface area contributed by atoms with E-state index in [2.05, 4.69) is 17.1 Å². The van der Waals surface area contributed by atoms with E-state index in [-0.39, 0.29) is 23.9 Å². The fourth-order valence-electron chi connectivity index (χ4n) is 4.12. The number of hydrogen-bond donors (Lipinski definition) is 1. The Balaban J connectivity index is 1.71. The molecule has 0 bridgehead atoms. The number of carbonyl (C=O) groups is 2. The van der Waals surface area contributed by atoms with Crippen LogP contribution in [0.1, 0.15) is 50.3 Å². The molecule has 2 fully saturated rings. The summed E-state index contributed by atoms with van der Waals surface area (Å²) in [7, 11) is 0. The summed E-state index contributed by atoms with van der Waals surface area (Å²) < 4.78 is 0. The predicted molar refractivity (Wildman–Crippen MR) is 98.1 cm³/mol. The predicted octanol–water partition coefficient (Wildman–Crippen LogP) is 2.26. The van der Waals surface area contributed by atoms with Crippen molar-refractivity contribution < 1.29 is 9.59 Å². The molecule has 3 rings (SSSR count). The van der Waals surface area contributed by atoms with Gasteiger partial charge in [-0.3, -0.25) is 14.5 Å². The Hall–Kier alpha value is -1.88. The molecule has 1 aromatic carbocycles. The number of piperazine rings is 1. The number of hydrogen-bond acceptors (Lipinski definition) is 3. The lowest BCUT2D eigenvalue weighted by atomic mass is 10.00. The van der Waals surface area contributed by atoms with Gasteiger partial charge in [0.15, 0.2) is 0 Å². The molecule has 2 saturated heterocycles. The Labute approximate surface area is 150 Å². The Morgan fingerprint density at radius 1 is 1.24 bits per heavy atom. The van der Waals surface area contributed by atoms with Crippen molar-refractivity contribution in [1.29, 1.82) is 0 Å². The molecule has 0 aromatic heterocycles. The summed E-state index contributed by atoms with van der Waals surface area (Å²) in [5.74, 6) is 0.0328. The van der Waals surface area contributed by atoms with Crippen LogP contribution in [0.25, 0.3) is 0 Å². The van der Waals surface area contributed by atoms with Crippen LogP contribution in [0, 0.1) is 6.92 Å². The minimum Gasteiger partial charge on any atom is -0.349 e. The second-order valence-electron chi connectivity index (χ2n) is 7.55. The van der Waals surface area contributed by atoms with Gasteiger partial charge in [0.1, 0.15) is 0 Å². The highest BCUT2D eigenvalue weighted by Crippen LogP contribution is 2.26. The van der Waals surface area contributed by atoms with E-state index in [0.717, 1.165) is 25.2 Å². The lowest BCUT2D eigenvalue weighted by molar-refractivity contribution is -0.137. The quantitative estimate of drug-likeness (QED) is 0.912. The molecule has 2 amide bonds. The van der Waals surface area contributed by atoms with E-state index in [1.807, 2.05) is 36.1 Å². The van der Waals surface area contributed by atoms with Crippen LogP contribution in [0.2, 0.25) is 0 Å². The number of fused-ring (bicyclic) bond motifs is 1. The van der Waals surface area contributed by atoms with Crippen LogP contribution in [-0.4, -0.2) is 53.3 Å². The van der Waals surface area contributed by atoms with Crippen LogP contribution >= 0.6 is 0 Å². The molecular weight excluding hydrogens is 314 g/mol. The number of rotatable bonds is 4. The Morgan fingerprint density at radius 3 is 2.64 bits per heavy atom. The molecule has 5 heteroatoms. The van der Waals surface area contributed by atoms with Crippen LogP contribution < -0.4 is 5.32 Å². The molecule has 3 atom stereocenters. The van der Waals surface area contributed by atoms with Crippen molar-refractivity contribution >= 4 is 11.8 Å². The molecule has 25 heavy (non-hydrogen) atoms. The number of benzene rings is 1. The van der Waals surface area contributed by atoms with E-state index in [0.29, 0.717) is 12.5 Å². The molecule has 1 N–H and O–H groups in total. The standard InChI is InChI=1S/C20H29N3O2/c1-14-6-8-17(9-7-14)19(21-16(3)24)11-20(25)23-13-18-5-4-10-22(18)12-15(23)2/h6-9,15,18-19H,4-5,10-13H2,1-3H3,(H,21,24)/t15-,18+,19-/m1/s1. The van der Waals surface area contributed by atoms with Gasteiger partial charge in [-0.2, -0.15) is 0 Å². The topological polar surface area (TPSA) is 52.7 Å². The fourth-order valence-corrected chi connectivity index (χ4v) is 4.12. The van der Waals surface area contributed by atoms with Gasteiger partial charge in [0.05, 0.1) is 12.5 Å². The molecule has 0 aliphatic carbocycles. The average Bonchev–Trinajstić information content (AvgIpc) is 3.00. The zero-order valence-electron chi connectivity index (χ0n) is 15.5. The number of nitrogens with one attached hydrogen (secondary N) is 1. The van der Waals surface area contributed by atoms with E-state index in [9.17, 15) is 9.59 Å². The van der Waals surface area contributed by atoms with Gasteiger partial charge in [0.2, 0.25) is 11.8 Å². The number of carbonyl (C=O) groups excluding carboxylic acids is 2. The number of nitrogens with zero attached hydrogens (tertiary/aromatic N) is 2. The fraction of sp³-hybridized carbons (Fsp3) is 0.600. The molecule has 0 radical (unpaired) electrons. The van der Waals surface area contributed by atoms with Gasteiger partial charge in [-0.1, -0.05) is 29.8 Å². The lowest BCUT2D eigenvalue weighted by Crippen LogP contribution is -2.57. The number of amides is 2. The molecule has 136 valence electrons. The largest absolute Gasteiger partial charge is 0.349 e. The molecular formula is C20H29N3O2. The normalized spacial score (nSPS) is 24.7. The van der Waals surface area contributed by atoms with E-state index < -0.39 is 0 Å². The van der Waals surface area contributed by atoms with Gasteiger partial charge < -0.3 is 10.2 Å². The van der Waals surface area contributed by atoms with E-state index in [4.69, 9.17) is 0 Å². The third-order valence-electron chi connectivity index (χ3n) is 5.49. The smallest absolute Gasteiger partial charge is 0.225 e. The van der Waals surface area contributed by atoms with Gasteiger partial charge >= 0.3 is 0 Å². The van der Waals surface area contributed by atoms with Crippen molar-refractivity contribution in [2.24, 2.45) is 0 Å². The molecule has 1 aromatic rings. The molecule has 2 aliphatic rings. The first-order valence-electron chi connectivity index (χ1n) is 9.31. The zero-order valence-corrected chi connectivity index (χ0v) is 15.5. The number of aryl methyl sites for hydroxylation is 1. The van der Waals surface area contributed by atoms with Gasteiger partial charge in [-0.05, 0) is 38.8 Å². The summed E-state index contributed by atoms with van der Waals surface area (Å²) in [4.78, 5) is 29.1. The van der Waals surface area contributed by atoms with Crippen molar-refractivity contribution in [3.8, 4) is 0 Å². The highest BCUT2D eigenvalue weighted by atomic mass is 16.2. The van der Waals surface area contributed by atoms with E-state index in [1.54, 1.807) is 0 Å². The van der Waals surface area contributed by atoms with Crippen molar-refractivity contribution in [3.63, 3.8) is 0 Å². The zero-order chi connectivity index (χ0) is 18.0. The van der Waals surface area contributed by atoms with Crippen LogP contribution in [0.15, 0.2) is 24.3 Å². The Kier molecular flexibility index (Phi) is 5.42. The first-order valence-corrected chi connectivity index (χ1v) is 9.31. The third-order valence-corrected chi connectivity index (χ3v) is 5.49. The maximum Gasteiger partial charge on any atom is 0.225 e. The lowest BCUT2D eigenvalue weighted by Gasteiger charge is -2.42. The summed E-state index contributed by atoms with van der Waals surface area (Å²) in [6.45, 7) is 8.61. The van der Waals surface area contributed by atoms with Gasteiger partial charge in [0.25, 0.3) is 0 Å². The highest BCUT2D eigenvalue weighted by molar-refractivity contribution is 5.79. The van der Waals surface area contributed by atoms with Crippen molar-refractivity contribution in [3.05, 3.63) is 35.4 Å². The average molecular weight is 343 g/mol. The van der Waals surface area contributed by atoms with Crippen LogP contribution in [0.5, 0.6) is 0 Å².